The summed E-state index contributed by atoms with van der Waals surface area (Å²) in [5.74, 6) is 0.553. The Morgan fingerprint density at radius 3 is 1.80 bits per heavy atom. The van der Waals surface area contributed by atoms with Crippen LogP contribution in [0.25, 0.3) is 0 Å². The highest BCUT2D eigenvalue weighted by atomic mass is 31.2. The van der Waals surface area contributed by atoms with Crippen LogP contribution in [-0.2, 0) is 19.8 Å². The molecule has 4 heteroatoms. The summed E-state index contributed by atoms with van der Waals surface area (Å²) in [5, 5.41) is 0. The Balaban J connectivity index is 0.00000277. The van der Waals surface area contributed by atoms with Gasteiger partial charge in [0.15, 0.2) is 0 Å². The minimum Gasteiger partial charge on any atom is -0.308 e. The lowest BCUT2D eigenvalue weighted by Gasteiger charge is -2.19. The van der Waals surface area contributed by atoms with Crippen LogP contribution in [0.3, 0.4) is 0 Å². The van der Waals surface area contributed by atoms with Gasteiger partial charge < -0.3 is 9.05 Å². The minimum atomic E-state index is -3.05. The van der Waals surface area contributed by atoms with Crippen molar-refractivity contribution in [3.05, 3.63) is 35.4 Å². The molecule has 1 rings (SSSR count). The molecule has 0 fully saturated rings. The summed E-state index contributed by atoms with van der Waals surface area (Å²) < 4.78 is 24.3. The topological polar surface area (TPSA) is 35.5 Å². The molecular weight excluding hydrogens is 331 g/mol. The first-order valence-corrected chi connectivity index (χ1v) is 11.7. The SMILES string of the molecule is CC.CCCCOP(=O)(Cc1ccc(C(C)CC)cc1)OCCCC. The molecule has 0 N–H and O–H groups in total. The number of hydrogen-bond acceptors (Lipinski definition) is 3. The van der Waals surface area contributed by atoms with E-state index in [9.17, 15) is 4.57 Å². The maximum atomic E-state index is 13.0. The maximum absolute atomic E-state index is 13.0. The van der Waals surface area contributed by atoms with Gasteiger partial charge in [-0.1, -0.05) is 78.6 Å². The molecule has 0 radical (unpaired) electrons. The molecule has 0 spiro atoms. The molecule has 1 atom stereocenters. The molecule has 25 heavy (non-hydrogen) atoms. The van der Waals surface area contributed by atoms with Crippen LogP contribution in [-0.4, -0.2) is 13.2 Å². The van der Waals surface area contributed by atoms with E-state index in [-0.39, 0.29) is 0 Å². The first-order chi connectivity index (χ1) is 12.0. The largest absolute Gasteiger partial charge is 0.335 e. The summed E-state index contributed by atoms with van der Waals surface area (Å²) in [6.45, 7) is 13.6. The van der Waals surface area contributed by atoms with Gasteiger partial charge in [0.2, 0.25) is 0 Å². The van der Waals surface area contributed by atoms with Crippen LogP contribution < -0.4 is 0 Å². The lowest BCUT2D eigenvalue weighted by atomic mass is 9.98. The van der Waals surface area contributed by atoms with Gasteiger partial charge in [0.1, 0.15) is 0 Å². The monoisotopic (exact) mass is 370 g/mol. The Hall–Kier alpha value is -0.630. The molecule has 1 aromatic carbocycles. The van der Waals surface area contributed by atoms with E-state index in [1.54, 1.807) is 0 Å². The van der Waals surface area contributed by atoms with Crippen molar-refractivity contribution in [2.45, 2.75) is 85.7 Å². The average molecular weight is 371 g/mol. The Labute approximate surface area is 156 Å². The van der Waals surface area contributed by atoms with Crippen LogP contribution in [0.15, 0.2) is 24.3 Å². The summed E-state index contributed by atoms with van der Waals surface area (Å²) in [4.78, 5) is 0. The van der Waals surface area contributed by atoms with Crippen LogP contribution in [0.4, 0.5) is 0 Å². The van der Waals surface area contributed by atoms with Crippen molar-refractivity contribution >= 4 is 7.60 Å². The Bertz CT molecular complexity index is 457. The van der Waals surface area contributed by atoms with Crippen molar-refractivity contribution in [1.29, 1.82) is 0 Å². The molecule has 0 bridgehead atoms. The lowest BCUT2D eigenvalue weighted by Crippen LogP contribution is -2.02. The highest BCUT2D eigenvalue weighted by molar-refractivity contribution is 7.53. The van der Waals surface area contributed by atoms with Crippen molar-refractivity contribution in [2.75, 3.05) is 13.2 Å². The van der Waals surface area contributed by atoms with Crippen LogP contribution in [0.2, 0.25) is 0 Å². The van der Waals surface area contributed by atoms with E-state index in [4.69, 9.17) is 9.05 Å². The predicted molar refractivity (Wildman–Crippen MR) is 110 cm³/mol. The van der Waals surface area contributed by atoms with Crippen molar-refractivity contribution in [1.82, 2.24) is 0 Å². The third kappa shape index (κ3) is 10.2. The molecule has 0 saturated carbocycles. The van der Waals surface area contributed by atoms with Crippen molar-refractivity contribution in [3.8, 4) is 0 Å². The van der Waals surface area contributed by atoms with Crippen molar-refractivity contribution < 1.29 is 13.6 Å². The highest BCUT2D eigenvalue weighted by Gasteiger charge is 2.25. The van der Waals surface area contributed by atoms with Crippen molar-refractivity contribution in [3.63, 3.8) is 0 Å². The summed E-state index contributed by atoms with van der Waals surface area (Å²) in [6.07, 6.45) is 5.36. The first kappa shape index (κ1) is 24.4. The van der Waals surface area contributed by atoms with Crippen LogP contribution in [0.5, 0.6) is 0 Å². The number of hydrogen-bond donors (Lipinski definition) is 0. The van der Waals surface area contributed by atoms with Gasteiger partial charge in [0, 0.05) is 0 Å². The zero-order valence-electron chi connectivity index (χ0n) is 17.2. The molecule has 1 unspecified atom stereocenters. The van der Waals surface area contributed by atoms with E-state index >= 15 is 0 Å². The Kier molecular flexibility index (Phi) is 14.2. The second kappa shape index (κ2) is 14.5. The van der Waals surface area contributed by atoms with Gasteiger partial charge in [0.25, 0.3) is 0 Å². The van der Waals surface area contributed by atoms with E-state index in [0.29, 0.717) is 25.3 Å². The first-order valence-electron chi connectivity index (χ1n) is 10.0. The third-order valence-electron chi connectivity index (χ3n) is 4.11. The predicted octanol–water partition coefficient (Wildman–Crippen LogP) is 7.55. The van der Waals surface area contributed by atoms with E-state index in [0.717, 1.165) is 37.7 Å². The van der Waals surface area contributed by atoms with Crippen LogP contribution in [0.1, 0.15) is 90.7 Å². The number of unbranched alkanes of at least 4 members (excludes halogenated alkanes) is 2. The molecule has 3 nitrogen and oxygen atoms in total. The van der Waals surface area contributed by atoms with E-state index < -0.39 is 7.60 Å². The van der Waals surface area contributed by atoms with Gasteiger partial charge >= 0.3 is 7.60 Å². The molecule has 0 saturated heterocycles. The molecule has 1 aromatic rings. The molecule has 0 heterocycles. The maximum Gasteiger partial charge on any atom is 0.335 e. The van der Waals surface area contributed by atoms with Crippen LogP contribution >= 0.6 is 7.60 Å². The van der Waals surface area contributed by atoms with E-state index in [2.05, 4.69) is 52.0 Å². The summed E-state index contributed by atoms with van der Waals surface area (Å²) in [6, 6.07) is 8.37. The summed E-state index contributed by atoms with van der Waals surface area (Å²) in [7, 11) is -3.05. The zero-order chi connectivity index (χ0) is 19.1. The molecule has 0 aliphatic heterocycles. The van der Waals surface area contributed by atoms with Gasteiger partial charge in [-0.2, -0.15) is 0 Å². The van der Waals surface area contributed by atoms with Gasteiger partial charge in [-0.3, -0.25) is 4.57 Å². The molecule has 146 valence electrons. The van der Waals surface area contributed by atoms with E-state index in [1.807, 2.05) is 13.8 Å². The van der Waals surface area contributed by atoms with E-state index in [1.165, 1.54) is 5.56 Å². The molecule has 0 amide bonds. The Morgan fingerprint density at radius 2 is 1.40 bits per heavy atom. The fourth-order valence-corrected chi connectivity index (χ4v) is 3.97. The van der Waals surface area contributed by atoms with Gasteiger partial charge in [-0.15, -0.1) is 0 Å². The summed E-state index contributed by atoms with van der Waals surface area (Å²) >= 11 is 0. The fraction of sp³-hybridized carbons (Fsp3) is 0.714. The molecular formula is C21H39O3P. The fourth-order valence-electron chi connectivity index (χ4n) is 2.24. The van der Waals surface area contributed by atoms with Gasteiger partial charge in [-0.05, 0) is 36.3 Å². The quantitative estimate of drug-likeness (QED) is 0.281. The van der Waals surface area contributed by atoms with Crippen molar-refractivity contribution in [2.24, 2.45) is 0 Å². The van der Waals surface area contributed by atoms with Gasteiger partial charge in [-0.25, -0.2) is 0 Å². The minimum absolute atomic E-state index is 0.362. The average Bonchev–Trinajstić information content (AvgIpc) is 2.64. The molecule has 0 aromatic heterocycles. The third-order valence-corrected chi connectivity index (χ3v) is 6.01. The molecule has 0 aliphatic carbocycles. The highest BCUT2D eigenvalue weighted by Crippen LogP contribution is 2.51. The van der Waals surface area contributed by atoms with Gasteiger partial charge in [0.05, 0.1) is 19.4 Å². The van der Waals surface area contributed by atoms with Crippen LogP contribution in [0, 0.1) is 0 Å². The Morgan fingerprint density at radius 1 is 0.920 bits per heavy atom. The number of benzene rings is 1. The lowest BCUT2D eigenvalue weighted by molar-refractivity contribution is 0.199. The second-order valence-corrected chi connectivity index (χ2v) is 8.25. The zero-order valence-corrected chi connectivity index (χ0v) is 18.1. The summed E-state index contributed by atoms with van der Waals surface area (Å²) in [5.41, 5.74) is 2.35. The second-order valence-electron chi connectivity index (χ2n) is 6.19. The normalized spacial score (nSPS) is 12.4. The smallest absolute Gasteiger partial charge is 0.308 e. The standard InChI is InChI=1S/C19H33O3P.C2H6/c1-5-8-14-21-23(20,22-15-9-6-2)16-18-10-12-19(13-11-18)17(4)7-3;1-2/h10-13,17H,5-9,14-16H2,1-4H3;1-2H3. The number of rotatable bonds is 12. The molecule has 0 aliphatic rings.